The number of rotatable bonds is 12. The molecule has 0 radical (unpaired) electrons. The minimum Gasteiger partial charge on any atom is -0.372 e. The maximum Gasteiger partial charge on any atom is 0.246 e. The van der Waals surface area contributed by atoms with Gasteiger partial charge in [-0.25, -0.2) is 0 Å². The van der Waals surface area contributed by atoms with Crippen LogP contribution in [0, 0.1) is 0 Å². The van der Waals surface area contributed by atoms with E-state index < -0.39 is 12.1 Å². The van der Waals surface area contributed by atoms with Crippen LogP contribution in [-0.2, 0) is 32.1 Å². The lowest BCUT2D eigenvalue weighted by Gasteiger charge is -2.29. The highest BCUT2D eigenvalue weighted by Crippen LogP contribution is 2.25. The molecule has 4 atom stereocenters. The number of nitrogens with one attached hydrogen (secondary N) is 2. The minimum absolute atomic E-state index is 0.00754. The summed E-state index contributed by atoms with van der Waals surface area (Å²) in [6, 6.07) is 17.8. The van der Waals surface area contributed by atoms with Gasteiger partial charge in [-0.1, -0.05) is 60.7 Å². The van der Waals surface area contributed by atoms with Crippen LogP contribution in [0.4, 0.5) is 0 Å². The number of nitrogens with two attached hydrogens (primary N) is 1. The van der Waals surface area contributed by atoms with Crippen molar-refractivity contribution in [3.8, 4) is 0 Å². The van der Waals surface area contributed by atoms with Crippen LogP contribution in [0.5, 0.6) is 0 Å². The van der Waals surface area contributed by atoms with Crippen molar-refractivity contribution in [3.05, 3.63) is 71.8 Å². The van der Waals surface area contributed by atoms with Crippen molar-refractivity contribution in [2.45, 2.75) is 69.4 Å². The van der Waals surface area contributed by atoms with Crippen LogP contribution in [0.2, 0.25) is 0 Å². The molecule has 4 N–H and O–H groups in total. The molecule has 37 heavy (non-hydrogen) atoms. The van der Waals surface area contributed by atoms with E-state index >= 15 is 0 Å². The van der Waals surface area contributed by atoms with Crippen molar-refractivity contribution in [2.75, 3.05) is 19.6 Å². The molecule has 0 saturated carbocycles. The molecule has 0 bridgehead atoms. The zero-order valence-corrected chi connectivity index (χ0v) is 21.3. The highest BCUT2D eigenvalue weighted by atomic mass is 16.5. The summed E-state index contributed by atoms with van der Waals surface area (Å²) in [7, 11) is 0. The van der Waals surface area contributed by atoms with E-state index in [1.807, 2.05) is 60.7 Å². The largest absolute Gasteiger partial charge is 0.372 e. The fraction of sp³-hybridized carbons (Fsp3) is 0.483. The summed E-state index contributed by atoms with van der Waals surface area (Å²) in [6.45, 7) is 1.93. The number of benzene rings is 2. The van der Waals surface area contributed by atoms with Crippen LogP contribution in [-0.4, -0.2) is 66.4 Å². The first-order chi connectivity index (χ1) is 18.0. The second kappa shape index (κ2) is 13.5. The van der Waals surface area contributed by atoms with Gasteiger partial charge in [-0.3, -0.25) is 14.4 Å². The number of ether oxygens (including phenoxy) is 1. The maximum absolute atomic E-state index is 14.0. The lowest BCUT2D eigenvalue weighted by atomic mass is 10.0. The molecular weight excluding hydrogens is 468 g/mol. The molecule has 0 aliphatic carbocycles. The third-order valence-corrected chi connectivity index (χ3v) is 7.15. The first-order valence-corrected chi connectivity index (χ1v) is 13.3. The number of Topliss-reactive ketones (excluding diaryl/α,β-unsaturated/α-hetero) is 1. The number of carbonyl (C=O) groups excluding carboxylic acids is 3. The average molecular weight is 507 g/mol. The summed E-state index contributed by atoms with van der Waals surface area (Å²) in [5.41, 5.74) is 7.63. The van der Waals surface area contributed by atoms with E-state index in [0.717, 1.165) is 30.5 Å². The number of nitrogens with zero attached hydrogens (tertiary/aromatic N) is 1. The molecule has 0 spiro atoms. The molecule has 8 heteroatoms. The molecule has 2 saturated heterocycles. The minimum atomic E-state index is -0.769. The van der Waals surface area contributed by atoms with Crippen molar-refractivity contribution < 1.29 is 19.1 Å². The number of carbonyl (C=O) groups is 3. The molecule has 8 nitrogen and oxygen atoms in total. The lowest BCUT2D eigenvalue weighted by molar-refractivity contribution is -0.141. The Bertz CT molecular complexity index is 1030. The number of likely N-dealkylation sites (tertiary alicyclic amines) is 1. The van der Waals surface area contributed by atoms with Crippen molar-refractivity contribution in [2.24, 2.45) is 5.73 Å². The van der Waals surface area contributed by atoms with Crippen molar-refractivity contribution >= 4 is 17.6 Å². The van der Waals surface area contributed by atoms with E-state index in [4.69, 9.17) is 10.5 Å². The van der Waals surface area contributed by atoms with Crippen LogP contribution in [0.15, 0.2) is 60.7 Å². The molecule has 2 aromatic rings. The molecule has 2 amide bonds. The Balaban J connectivity index is 1.51. The summed E-state index contributed by atoms with van der Waals surface area (Å²) in [6.07, 6.45) is 3.10. The van der Waals surface area contributed by atoms with Crippen molar-refractivity contribution in [3.63, 3.8) is 0 Å². The average Bonchev–Trinajstić information content (AvgIpc) is 3.62. The third kappa shape index (κ3) is 7.47. The summed E-state index contributed by atoms with van der Waals surface area (Å²) < 4.78 is 6.15. The Labute approximate surface area is 218 Å². The van der Waals surface area contributed by atoms with Gasteiger partial charge in [0.05, 0.1) is 24.8 Å². The van der Waals surface area contributed by atoms with Crippen LogP contribution in [0.25, 0.3) is 0 Å². The first-order valence-electron chi connectivity index (χ1n) is 13.3. The molecule has 2 heterocycles. The van der Waals surface area contributed by atoms with Crippen LogP contribution in [0.1, 0.15) is 43.2 Å². The molecule has 2 aliphatic heterocycles. The SMILES string of the molecule is NCCCC(=O)C1C[C@H](OCc2ccccc2)CN1C(=O)[C@@H](Cc1ccccc1)NC(=O)[C@H]1CCCN1. The highest BCUT2D eigenvalue weighted by Gasteiger charge is 2.42. The van der Waals surface area contributed by atoms with Gasteiger partial charge in [0.2, 0.25) is 11.8 Å². The quantitative estimate of drug-likeness (QED) is 0.406. The molecular formula is C29H38N4O4. The van der Waals surface area contributed by atoms with E-state index in [9.17, 15) is 14.4 Å². The number of ketones is 1. The Hall–Kier alpha value is -3.07. The molecule has 4 rings (SSSR count). The molecule has 1 unspecified atom stereocenters. The van der Waals surface area contributed by atoms with Crippen LogP contribution in [0.3, 0.4) is 0 Å². The Morgan fingerprint density at radius 1 is 1.05 bits per heavy atom. The Morgan fingerprint density at radius 3 is 2.41 bits per heavy atom. The van der Waals surface area contributed by atoms with E-state index in [1.54, 1.807) is 4.90 Å². The van der Waals surface area contributed by atoms with Crippen LogP contribution < -0.4 is 16.4 Å². The monoisotopic (exact) mass is 506 g/mol. The summed E-state index contributed by atoms with van der Waals surface area (Å²) >= 11 is 0. The standard InChI is InChI=1S/C29H38N4O4/c30-15-7-14-27(34)26-18-23(37-20-22-11-5-2-6-12-22)19-33(26)29(36)25(17-21-9-3-1-4-10-21)32-28(35)24-13-8-16-31-24/h1-6,9-12,23-26,31H,7-8,13-20,30H2,(H,32,35)/t23-,24+,25+,26?/m0/s1. The van der Waals surface area contributed by atoms with Crippen molar-refractivity contribution in [1.29, 1.82) is 0 Å². The molecule has 2 fully saturated rings. The van der Waals surface area contributed by atoms with Gasteiger partial charge in [0, 0.05) is 25.8 Å². The topological polar surface area (TPSA) is 114 Å². The third-order valence-electron chi connectivity index (χ3n) is 7.15. The predicted octanol–water partition coefficient (Wildman–Crippen LogP) is 1.96. The van der Waals surface area contributed by atoms with Gasteiger partial charge >= 0.3 is 0 Å². The molecule has 198 valence electrons. The van der Waals surface area contributed by atoms with Gasteiger partial charge in [-0.15, -0.1) is 0 Å². The van der Waals surface area contributed by atoms with Crippen LogP contribution >= 0.6 is 0 Å². The zero-order valence-electron chi connectivity index (χ0n) is 21.3. The fourth-order valence-corrected chi connectivity index (χ4v) is 5.13. The molecule has 0 aromatic heterocycles. The van der Waals surface area contributed by atoms with Gasteiger partial charge in [-0.05, 0) is 43.5 Å². The van der Waals surface area contributed by atoms with E-state index in [2.05, 4.69) is 10.6 Å². The Morgan fingerprint density at radius 2 is 1.76 bits per heavy atom. The Kier molecular flexibility index (Phi) is 9.82. The highest BCUT2D eigenvalue weighted by molar-refractivity contribution is 5.94. The molecule has 2 aromatic carbocycles. The summed E-state index contributed by atoms with van der Waals surface area (Å²) in [4.78, 5) is 41.7. The van der Waals surface area contributed by atoms with E-state index in [0.29, 0.717) is 45.4 Å². The smallest absolute Gasteiger partial charge is 0.246 e. The second-order valence-electron chi connectivity index (χ2n) is 9.92. The summed E-state index contributed by atoms with van der Waals surface area (Å²) in [5.74, 6) is -0.423. The fourth-order valence-electron chi connectivity index (χ4n) is 5.13. The van der Waals surface area contributed by atoms with Gasteiger partial charge in [0.15, 0.2) is 5.78 Å². The number of hydrogen-bond donors (Lipinski definition) is 3. The van der Waals surface area contributed by atoms with Gasteiger partial charge in [-0.2, -0.15) is 0 Å². The first kappa shape index (κ1) is 27.0. The van der Waals surface area contributed by atoms with Gasteiger partial charge in [0.25, 0.3) is 0 Å². The van der Waals surface area contributed by atoms with Gasteiger partial charge < -0.3 is 26.0 Å². The number of amides is 2. The predicted molar refractivity (Wildman–Crippen MR) is 142 cm³/mol. The van der Waals surface area contributed by atoms with Crippen molar-refractivity contribution in [1.82, 2.24) is 15.5 Å². The van der Waals surface area contributed by atoms with Gasteiger partial charge in [0.1, 0.15) is 6.04 Å². The maximum atomic E-state index is 14.0. The zero-order chi connectivity index (χ0) is 26.0. The molecule has 2 aliphatic rings. The lowest BCUT2D eigenvalue weighted by Crippen LogP contribution is -2.55. The summed E-state index contributed by atoms with van der Waals surface area (Å²) in [5, 5.41) is 6.20. The van der Waals surface area contributed by atoms with E-state index in [-0.39, 0.29) is 29.7 Å². The normalized spacial score (nSPS) is 22.1. The van der Waals surface area contributed by atoms with E-state index in [1.165, 1.54) is 0 Å². The number of hydrogen-bond acceptors (Lipinski definition) is 6. The second-order valence-corrected chi connectivity index (χ2v) is 9.92.